The summed E-state index contributed by atoms with van der Waals surface area (Å²) >= 11 is 0. The molecular weight excluding hydrogens is 178 g/mol. The number of ether oxygens (including phenoxy) is 1. The van der Waals surface area contributed by atoms with Gasteiger partial charge < -0.3 is 14.7 Å². The normalized spacial score (nSPS) is 40.1. The van der Waals surface area contributed by atoms with Gasteiger partial charge in [-0.05, 0) is 12.8 Å². The first-order chi connectivity index (χ1) is 6.81. The van der Waals surface area contributed by atoms with E-state index < -0.39 is 0 Å². The van der Waals surface area contributed by atoms with E-state index in [4.69, 9.17) is 4.74 Å². The maximum Gasteiger partial charge on any atom is 0.0510 e. The molecule has 2 atom stereocenters. The van der Waals surface area contributed by atoms with E-state index in [0.29, 0.717) is 12.0 Å². The summed E-state index contributed by atoms with van der Waals surface area (Å²) in [5.41, 5.74) is 0.291. The number of aliphatic hydroxyl groups is 1. The molecule has 3 nitrogen and oxygen atoms in total. The molecule has 1 saturated carbocycles. The molecule has 3 aliphatic rings. The first-order valence-electron chi connectivity index (χ1n) is 5.72. The van der Waals surface area contributed by atoms with E-state index in [2.05, 4.69) is 4.90 Å². The molecule has 14 heavy (non-hydrogen) atoms. The van der Waals surface area contributed by atoms with Crippen LogP contribution < -0.4 is 0 Å². The zero-order valence-corrected chi connectivity index (χ0v) is 8.61. The maximum atomic E-state index is 9.27. The summed E-state index contributed by atoms with van der Waals surface area (Å²) < 4.78 is 5.46. The molecule has 2 heterocycles. The summed E-state index contributed by atoms with van der Waals surface area (Å²) in [4.78, 5) is 2.54. The van der Waals surface area contributed by atoms with Crippen LogP contribution in [0, 0.1) is 17.3 Å². The van der Waals surface area contributed by atoms with E-state index >= 15 is 0 Å². The Kier molecular flexibility index (Phi) is 2.08. The minimum Gasteiger partial charge on any atom is -0.396 e. The van der Waals surface area contributed by atoms with Crippen molar-refractivity contribution in [3.05, 3.63) is 0 Å². The Morgan fingerprint density at radius 3 is 2.36 bits per heavy atom. The Balaban J connectivity index is 1.56. The molecule has 80 valence electrons. The van der Waals surface area contributed by atoms with Gasteiger partial charge in [0.15, 0.2) is 0 Å². The number of hydrogen-bond acceptors (Lipinski definition) is 3. The van der Waals surface area contributed by atoms with Gasteiger partial charge in [-0.2, -0.15) is 0 Å². The number of nitrogens with zero attached hydrogens (tertiary/aromatic N) is 1. The Morgan fingerprint density at radius 1 is 1.21 bits per heavy atom. The van der Waals surface area contributed by atoms with Crippen molar-refractivity contribution in [2.75, 3.05) is 39.5 Å². The summed E-state index contributed by atoms with van der Waals surface area (Å²) in [6.45, 7) is 5.84. The molecule has 1 aliphatic carbocycles. The monoisotopic (exact) mass is 197 g/mol. The molecule has 1 N–H and O–H groups in total. The van der Waals surface area contributed by atoms with Gasteiger partial charge in [0.05, 0.1) is 13.2 Å². The van der Waals surface area contributed by atoms with Crippen molar-refractivity contribution in [3.63, 3.8) is 0 Å². The predicted molar refractivity (Wildman–Crippen MR) is 53.0 cm³/mol. The van der Waals surface area contributed by atoms with Crippen molar-refractivity contribution in [1.29, 1.82) is 0 Å². The second-order valence-electron chi connectivity index (χ2n) is 5.41. The molecule has 0 aromatic heterocycles. The number of rotatable bonds is 3. The highest BCUT2D eigenvalue weighted by Crippen LogP contribution is 2.46. The van der Waals surface area contributed by atoms with E-state index in [9.17, 15) is 5.11 Å². The molecule has 0 radical (unpaired) electrons. The number of aliphatic hydroxyl groups excluding tert-OH is 1. The van der Waals surface area contributed by atoms with Gasteiger partial charge in [0.2, 0.25) is 0 Å². The van der Waals surface area contributed by atoms with Crippen molar-refractivity contribution in [2.45, 2.75) is 12.8 Å². The topological polar surface area (TPSA) is 32.7 Å². The fraction of sp³-hybridized carbons (Fsp3) is 1.00. The van der Waals surface area contributed by atoms with Gasteiger partial charge in [-0.1, -0.05) is 0 Å². The zero-order chi connectivity index (χ0) is 9.60. The highest BCUT2D eigenvalue weighted by Gasteiger charge is 2.46. The van der Waals surface area contributed by atoms with Gasteiger partial charge in [-0.25, -0.2) is 0 Å². The molecule has 3 heteroatoms. The van der Waals surface area contributed by atoms with Gasteiger partial charge in [-0.3, -0.25) is 0 Å². The van der Waals surface area contributed by atoms with Crippen molar-refractivity contribution in [1.82, 2.24) is 4.90 Å². The summed E-state index contributed by atoms with van der Waals surface area (Å²) in [6, 6.07) is 0. The molecule has 3 fully saturated rings. The Labute approximate surface area is 85.0 Å². The van der Waals surface area contributed by atoms with Gasteiger partial charge in [0.25, 0.3) is 0 Å². The van der Waals surface area contributed by atoms with E-state index in [1.54, 1.807) is 0 Å². The van der Waals surface area contributed by atoms with Crippen LogP contribution in [0.1, 0.15) is 12.8 Å². The molecule has 2 saturated heterocycles. The summed E-state index contributed by atoms with van der Waals surface area (Å²) in [6.07, 6.45) is 2.46. The minimum absolute atomic E-state index is 0.291. The third kappa shape index (κ3) is 1.47. The fourth-order valence-corrected chi connectivity index (χ4v) is 2.93. The number of hydrogen-bond donors (Lipinski definition) is 1. The van der Waals surface area contributed by atoms with Crippen molar-refractivity contribution in [2.24, 2.45) is 17.3 Å². The third-order valence-corrected chi connectivity index (χ3v) is 4.17. The van der Waals surface area contributed by atoms with Crippen LogP contribution in [0.2, 0.25) is 0 Å². The number of fused-ring (bicyclic) bond motifs is 1. The van der Waals surface area contributed by atoms with Crippen LogP contribution in [0.5, 0.6) is 0 Å². The first kappa shape index (κ1) is 9.13. The largest absolute Gasteiger partial charge is 0.396 e. The van der Waals surface area contributed by atoms with Gasteiger partial charge in [0.1, 0.15) is 0 Å². The lowest BCUT2D eigenvalue weighted by atomic mass is 10.0. The molecule has 3 rings (SSSR count). The van der Waals surface area contributed by atoms with E-state index in [-0.39, 0.29) is 0 Å². The average Bonchev–Trinajstić information content (AvgIpc) is 2.62. The van der Waals surface area contributed by atoms with Crippen molar-refractivity contribution >= 4 is 0 Å². The van der Waals surface area contributed by atoms with Gasteiger partial charge >= 0.3 is 0 Å². The highest BCUT2D eigenvalue weighted by atomic mass is 16.5. The van der Waals surface area contributed by atoms with Crippen LogP contribution in [0.3, 0.4) is 0 Å². The lowest BCUT2D eigenvalue weighted by Gasteiger charge is -2.22. The second kappa shape index (κ2) is 3.19. The van der Waals surface area contributed by atoms with E-state index in [0.717, 1.165) is 31.6 Å². The number of likely N-dealkylation sites (tertiary alicyclic amines) is 1. The van der Waals surface area contributed by atoms with Crippen LogP contribution in [0.4, 0.5) is 0 Å². The zero-order valence-electron chi connectivity index (χ0n) is 8.61. The summed E-state index contributed by atoms with van der Waals surface area (Å²) in [5, 5.41) is 9.27. The average molecular weight is 197 g/mol. The SMILES string of the molecule is OCC1(CN2C[C@@H]3COC[C@H]3C2)CC1. The molecule has 0 amide bonds. The summed E-state index contributed by atoms with van der Waals surface area (Å²) in [5.74, 6) is 1.56. The fourth-order valence-electron chi connectivity index (χ4n) is 2.93. The maximum absolute atomic E-state index is 9.27. The van der Waals surface area contributed by atoms with Gasteiger partial charge in [-0.15, -0.1) is 0 Å². The molecule has 0 unspecified atom stereocenters. The molecule has 0 spiro atoms. The Hall–Kier alpha value is -0.120. The predicted octanol–water partition coefficient (Wildman–Crippen LogP) is 0.337. The second-order valence-corrected chi connectivity index (χ2v) is 5.41. The molecular formula is C11H19NO2. The Bertz CT molecular complexity index is 215. The quantitative estimate of drug-likeness (QED) is 0.708. The van der Waals surface area contributed by atoms with E-state index in [1.807, 2.05) is 0 Å². The molecule has 0 aromatic rings. The molecule has 2 aliphatic heterocycles. The van der Waals surface area contributed by atoms with Crippen molar-refractivity contribution in [3.8, 4) is 0 Å². The lowest BCUT2D eigenvalue weighted by molar-refractivity contribution is 0.128. The smallest absolute Gasteiger partial charge is 0.0510 e. The Morgan fingerprint density at radius 2 is 1.86 bits per heavy atom. The van der Waals surface area contributed by atoms with E-state index in [1.165, 1.54) is 25.9 Å². The first-order valence-corrected chi connectivity index (χ1v) is 5.72. The van der Waals surface area contributed by atoms with Crippen LogP contribution >= 0.6 is 0 Å². The van der Waals surface area contributed by atoms with Crippen molar-refractivity contribution < 1.29 is 9.84 Å². The minimum atomic E-state index is 0.291. The molecule has 0 aromatic carbocycles. The highest BCUT2D eigenvalue weighted by molar-refractivity contribution is 4.98. The third-order valence-electron chi connectivity index (χ3n) is 4.17. The summed E-state index contributed by atoms with van der Waals surface area (Å²) in [7, 11) is 0. The standard InChI is InChI=1S/C11H19NO2/c13-8-11(1-2-11)7-12-3-9-5-14-6-10(9)4-12/h9-10,13H,1-8H2/t9-,10-/m1/s1. The van der Waals surface area contributed by atoms with Gasteiger partial charge in [0, 0.05) is 43.5 Å². The van der Waals surface area contributed by atoms with Crippen LogP contribution in [0.25, 0.3) is 0 Å². The van der Waals surface area contributed by atoms with Crippen LogP contribution in [-0.2, 0) is 4.74 Å². The van der Waals surface area contributed by atoms with Crippen LogP contribution in [0.15, 0.2) is 0 Å². The lowest BCUT2D eigenvalue weighted by Crippen LogP contribution is -2.31. The van der Waals surface area contributed by atoms with Crippen LogP contribution in [-0.4, -0.2) is 49.5 Å². The molecule has 0 bridgehead atoms.